The molecule has 2 aromatic carbocycles. The zero-order valence-electron chi connectivity index (χ0n) is 14.0. The van der Waals surface area contributed by atoms with Crippen LogP contribution in [0, 0.1) is 11.3 Å². The number of allylic oxidation sites excluding steroid dienone is 1. The van der Waals surface area contributed by atoms with Crippen LogP contribution in [0.2, 0.25) is 0 Å². The first kappa shape index (κ1) is 17.5. The van der Waals surface area contributed by atoms with Crippen molar-refractivity contribution < 1.29 is 14.3 Å². The molecule has 0 bridgehead atoms. The lowest BCUT2D eigenvalue weighted by atomic mass is 10.0. The Hall–Kier alpha value is -3.36. The number of hydrogen-bond donors (Lipinski definition) is 0. The molecule has 0 unspecified atom stereocenters. The number of rotatable bonds is 5. The zero-order valence-corrected chi connectivity index (χ0v) is 14.8. The van der Waals surface area contributed by atoms with Crippen molar-refractivity contribution in [2.75, 3.05) is 7.11 Å². The SMILES string of the molecule is COc1ccccc1/C(C#N)=C\c1ccc(OC(=O)c2cccs2)cc1. The monoisotopic (exact) mass is 361 g/mol. The molecular formula is C21H15NO3S. The molecule has 0 aliphatic heterocycles. The largest absolute Gasteiger partial charge is 0.496 e. The van der Waals surface area contributed by atoms with E-state index in [1.165, 1.54) is 11.3 Å². The van der Waals surface area contributed by atoms with E-state index >= 15 is 0 Å². The number of ether oxygens (including phenoxy) is 2. The lowest BCUT2D eigenvalue weighted by molar-refractivity contribution is 0.0740. The van der Waals surface area contributed by atoms with Crippen LogP contribution in [0.5, 0.6) is 11.5 Å². The molecule has 0 N–H and O–H groups in total. The van der Waals surface area contributed by atoms with Crippen LogP contribution in [0.25, 0.3) is 11.6 Å². The molecule has 1 aromatic heterocycles. The molecule has 5 heteroatoms. The van der Waals surface area contributed by atoms with Crippen molar-refractivity contribution in [3.63, 3.8) is 0 Å². The number of esters is 1. The van der Waals surface area contributed by atoms with Gasteiger partial charge in [0.25, 0.3) is 0 Å². The Morgan fingerprint density at radius 1 is 1.08 bits per heavy atom. The number of carbonyl (C=O) groups is 1. The predicted octanol–water partition coefficient (Wildman–Crippen LogP) is 5.04. The van der Waals surface area contributed by atoms with E-state index < -0.39 is 0 Å². The minimum Gasteiger partial charge on any atom is -0.496 e. The molecule has 26 heavy (non-hydrogen) atoms. The molecule has 0 radical (unpaired) electrons. The summed E-state index contributed by atoms with van der Waals surface area (Å²) in [7, 11) is 1.57. The van der Waals surface area contributed by atoms with E-state index in [1.807, 2.05) is 29.6 Å². The van der Waals surface area contributed by atoms with E-state index in [2.05, 4.69) is 6.07 Å². The van der Waals surface area contributed by atoms with Crippen LogP contribution >= 0.6 is 11.3 Å². The third-order valence-electron chi connectivity index (χ3n) is 3.64. The Bertz CT molecular complexity index is 967. The van der Waals surface area contributed by atoms with Gasteiger partial charge in [-0.25, -0.2) is 4.79 Å². The number of para-hydroxylation sites is 1. The first-order valence-electron chi connectivity index (χ1n) is 7.82. The average molecular weight is 361 g/mol. The molecular weight excluding hydrogens is 346 g/mol. The van der Waals surface area contributed by atoms with Gasteiger partial charge in [0, 0.05) is 5.56 Å². The molecule has 0 aliphatic rings. The molecule has 3 aromatic rings. The number of methoxy groups -OCH3 is 1. The first-order valence-corrected chi connectivity index (χ1v) is 8.70. The summed E-state index contributed by atoms with van der Waals surface area (Å²) >= 11 is 1.33. The quantitative estimate of drug-likeness (QED) is 0.276. The van der Waals surface area contributed by atoms with E-state index in [0.717, 1.165) is 11.1 Å². The van der Waals surface area contributed by atoms with E-state index in [1.54, 1.807) is 49.6 Å². The molecule has 1 heterocycles. The van der Waals surface area contributed by atoms with Gasteiger partial charge in [0.1, 0.15) is 16.4 Å². The molecule has 128 valence electrons. The molecule has 4 nitrogen and oxygen atoms in total. The maximum Gasteiger partial charge on any atom is 0.353 e. The summed E-state index contributed by atoms with van der Waals surface area (Å²) in [6.07, 6.45) is 1.77. The third-order valence-corrected chi connectivity index (χ3v) is 4.49. The standard InChI is InChI=1S/C21H15NO3S/c1-24-19-6-3-2-5-18(19)16(14-22)13-15-8-10-17(11-9-15)25-21(23)20-7-4-12-26-20/h2-13H,1H3/b16-13-. The molecule has 0 amide bonds. The van der Waals surface area contributed by atoms with Crippen LogP contribution in [0.1, 0.15) is 20.8 Å². The van der Waals surface area contributed by atoms with Crippen LogP contribution in [-0.2, 0) is 0 Å². The molecule has 0 fully saturated rings. The van der Waals surface area contributed by atoms with Crippen LogP contribution in [0.4, 0.5) is 0 Å². The van der Waals surface area contributed by atoms with Gasteiger partial charge in [0.15, 0.2) is 0 Å². The second-order valence-electron chi connectivity index (χ2n) is 5.31. The summed E-state index contributed by atoms with van der Waals surface area (Å²) < 4.78 is 10.6. The van der Waals surface area contributed by atoms with E-state index in [9.17, 15) is 10.1 Å². The van der Waals surface area contributed by atoms with Gasteiger partial charge in [-0.15, -0.1) is 11.3 Å². The van der Waals surface area contributed by atoms with Crippen molar-refractivity contribution in [3.8, 4) is 17.6 Å². The minimum absolute atomic E-state index is 0.380. The molecule has 0 saturated heterocycles. The number of thiophene rings is 1. The molecule has 0 spiro atoms. The molecule has 0 aliphatic carbocycles. The Morgan fingerprint density at radius 2 is 1.85 bits per heavy atom. The van der Waals surface area contributed by atoms with Crippen LogP contribution in [-0.4, -0.2) is 13.1 Å². The highest BCUT2D eigenvalue weighted by molar-refractivity contribution is 7.12. The number of nitrogens with zero attached hydrogens (tertiary/aromatic N) is 1. The Kier molecular flexibility index (Phi) is 5.47. The fourth-order valence-corrected chi connectivity index (χ4v) is 2.99. The topological polar surface area (TPSA) is 59.3 Å². The average Bonchev–Trinajstić information content (AvgIpc) is 3.22. The van der Waals surface area contributed by atoms with Crippen LogP contribution < -0.4 is 9.47 Å². The normalized spacial score (nSPS) is 10.8. The first-order chi connectivity index (χ1) is 12.7. The maximum atomic E-state index is 12.0. The fourth-order valence-electron chi connectivity index (χ4n) is 2.39. The van der Waals surface area contributed by atoms with Gasteiger partial charge in [0.2, 0.25) is 0 Å². The van der Waals surface area contributed by atoms with Crippen molar-refractivity contribution in [3.05, 3.63) is 82.0 Å². The van der Waals surface area contributed by atoms with E-state index in [4.69, 9.17) is 9.47 Å². The highest BCUT2D eigenvalue weighted by Gasteiger charge is 2.10. The van der Waals surface area contributed by atoms with E-state index in [0.29, 0.717) is 21.9 Å². The van der Waals surface area contributed by atoms with Crippen LogP contribution in [0.3, 0.4) is 0 Å². The zero-order chi connectivity index (χ0) is 18.4. The number of carbonyl (C=O) groups excluding carboxylic acids is 1. The molecule has 0 saturated carbocycles. The van der Waals surface area contributed by atoms with Gasteiger partial charge in [-0.1, -0.05) is 30.3 Å². The van der Waals surface area contributed by atoms with Gasteiger partial charge in [-0.2, -0.15) is 5.26 Å². The van der Waals surface area contributed by atoms with Gasteiger partial charge >= 0.3 is 5.97 Å². The Balaban J connectivity index is 1.80. The van der Waals surface area contributed by atoms with Crippen molar-refractivity contribution in [2.24, 2.45) is 0 Å². The van der Waals surface area contributed by atoms with Gasteiger partial charge in [-0.05, 0) is 47.4 Å². The Labute approximate surface area is 155 Å². The van der Waals surface area contributed by atoms with Gasteiger partial charge in [-0.3, -0.25) is 0 Å². The summed E-state index contributed by atoms with van der Waals surface area (Å²) in [5.41, 5.74) is 2.04. The van der Waals surface area contributed by atoms with Crippen molar-refractivity contribution >= 4 is 29.0 Å². The van der Waals surface area contributed by atoms with Gasteiger partial charge in [0.05, 0.1) is 18.8 Å². The lowest BCUT2D eigenvalue weighted by Crippen LogP contribution is -2.05. The van der Waals surface area contributed by atoms with Crippen molar-refractivity contribution in [1.29, 1.82) is 5.26 Å². The summed E-state index contributed by atoms with van der Waals surface area (Å²) in [4.78, 5) is 12.5. The minimum atomic E-state index is -0.380. The van der Waals surface area contributed by atoms with Crippen molar-refractivity contribution in [2.45, 2.75) is 0 Å². The summed E-state index contributed by atoms with van der Waals surface area (Å²) in [5, 5.41) is 11.3. The number of benzene rings is 2. The molecule has 0 atom stereocenters. The lowest BCUT2D eigenvalue weighted by Gasteiger charge is -2.07. The highest BCUT2D eigenvalue weighted by Crippen LogP contribution is 2.27. The fraction of sp³-hybridized carbons (Fsp3) is 0.0476. The smallest absolute Gasteiger partial charge is 0.353 e. The van der Waals surface area contributed by atoms with Crippen LogP contribution in [0.15, 0.2) is 66.0 Å². The third kappa shape index (κ3) is 4.00. The number of nitriles is 1. The Morgan fingerprint density at radius 3 is 2.50 bits per heavy atom. The maximum absolute atomic E-state index is 12.0. The summed E-state index contributed by atoms with van der Waals surface area (Å²) in [6.45, 7) is 0. The predicted molar refractivity (Wildman–Crippen MR) is 102 cm³/mol. The van der Waals surface area contributed by atoms with E-state index in [-0.39, 0.29) is 5.97 Å². The van der Waals surface area contributed by atoms with Crippen molar-refractivity contribution in [1.82, 2.24) is 0 Å². The second kappa shape index (κ2) is 8.15. The summed E-state index contributed by atoms with van der Waals surface area (Å²) in [5.74, 6) is 0.716. The highest BCUT2D eigenvalue weighted by atomic mass is 32.1. The second-order valence-corrected chi connectivity index (χ2v) is 6.25. The summed E-state index contributed by atoms with van der Waals surface area (Å²) in [6, 6.07) is 20.1. The number of hydrogen-bond acceptors (Lipinski definition) is 5. The molecule has 3 rings (SSSR count). The van der Waals surface area contributed by atoms with Gasteiger partial charge < -0.3 is 9.47 Å².